The molecule has 0 aliphatic carbocycles. The maximum atomic E-state index is 13.6. The molecule has 8 heteroatoms. The van der Waals surface area contributed by atoms with Gasteiger partial charge >= 0.3 is 0 Å². The minimum absolute atomic E-state index is 0.140. The molecule has 0 heterocycles. The molecule has 0 radical (unpaired) electrons. The van der Waals surface area contributed by atoms with E-state index in [9.17, 15) is 17.2 Å². The molecule has 2 rings (SSSR count). The van der Waals surface area contributed by atoms with E-state index in [0.29, 0.717) is 10.5 Å². The third kappa shape index (κ3) is 3.75. The lowest BCUT2D eigenvalue weighted by Gasteiger charge is -2.13. The summed E-state index contributed by atoms with van der Waals surface area (Å²) in [6.45, 7) is 1.99. The predicted molar refractivity (Wildman–Crippen MR) is 82.5 cm³/mol. The summed E-state index contributed by atoms with van der Waals surface area (Å²) in [5.41, 5.74) is -0.344. The van der Waals surface area contributed by atoms with E-state index in [1.54, 1.807) is 13.0 Å². The van der Waals surface area contributed by atoms with Gasteiger partial charge in [0.05, 0.1) is 12.3 Å². The molecule has 0 fully saturated rings. The van der Waals surface area contributed by atoms with Crippen LogP contribution < -0.4 is 9.46 Å². The number of anilines is 1. The van der Waals surface area contributed by atoms with Crippen LogP contribution in [0.5, 0.6) is 5.75 Å². The summed E-state index contributed by atoms with van der Waals surface area (Å²) >= 11 is 3.18. The van der Waals surface area contributed by atoms with E-state index >= 15 is 0 Å². The van der Waals surface area contributed by atoms with Gasteiger partial charge in [-0.25, -0.2) is 17.2 Å². The van der Waals surface area contributed by atoms with Crippen molar-refractivity contribution in [2.45, 2.75) is 11.8 Å². The zero-order valence-corrected chi connectivity index (χ0v) is 13.8. The molecule has 4 nitrogen and oxygen atoms in total. The van der Waals surface area contributed by atoms with Crippen LogP contribution in [0.25, 0.3) is 0 Å². The summed E-state index contributed by atoms with van der Waals surface area (Å²) < 4.78 is 59.2. The molecule has 22 heavy (non-hydrogen) atoms. The number of hydrogen-bond acceptors (Lipinski definition) is 3. The second-order valence-corrected chi connectivity index (χ2v) is 6.82. The molecule has 1 N–H and O–H groups in total. The molecule has 0 amide bonds. The molecule has 0 unspecified atom stereocenters. The van der Waals surface area contributed by atoms with E-state index in [0.717, 1.165) is 12.1 Å². The van der Waals surface area contributed by atoms with Gasteiger partial charge in [0.25, 0.3) is 10.0 Å². The lowest BCUT2D eigenvalue weighted by Crippen LogP contribution is -2.15. The Kier molecular flexibility index (Phi) is 5.02. The SMILES string of the molecule is CCOc1ccc(Br)cc1S(=O)(=O)Nc1ccc(F)cc1F. The van der Waals surface area contributed by atoms with Crippen molar-refractivity contribution in [1.82, 2.24) is 0 Å². The summed E-state index contributed by atoms with van der Waals surface area (Å²) in [5.74, 6) is -1.66. The molecule has 118 valence electrons. The predicted octanol–water partition coefficient (Wildman–Crippen LogP) is 3.93. The minimum Gasteiger partial charge on any atom is -0.492 e. The van der Waals surface area contributed by atoms with Crippen LogP contribution in [0.4, 0.5) is 14.5 Å². The summed E-state index contributed by atoms with van der Waals surface area (Å²) in [6, 6.07) is 7.04. The van der Waals surface area contributed by atoms with Crippen LogP contribution in [0.3, 0.4) is 0 Å². The fourth-order valence-electron chi connectivity index (χ4n) is 1.74. The highest BCUT2D eigenvalue weighted by Gasteiger charge is 2.21. The fourth-order valence-corrected chi connectivity index (χ4v) is 3.49. The van der Waals surface area contributed by atoms with E-state index in [1.165, 1.54) is 12.1 Å². The monoisotopic (exact) mass is 391 g/mol. The van der Waals surface area contributed by atoms with Crippen LogP contribution in [-0.2, 0) is 10.0 Å². The molecule has 0 saturated carbocycles. The van der Waals surface area contributed by atoms with Gasteiger partial charge in [-0.3, -0.25) is 4.72 Å². The van der Waals surface area contributed by atoms with Gasteiger partial charge in [-0.15, -0.1) is 0 Å². The first kappa shape index (κ1) is 16.7. The number of halogens is 3. The molecule has 0 bridgehead atoms. The number of ether oxygens (including phenoxy) is 1. The highest BCUT2D eigenvalue weighted by molar-refractivity contribution is 9.10. The highest BCUT2D eigenvalue weighted by Crippen LogP contribution is 2.29. The third-order valence-electron chi connectivity index (χ3n) is 2.67. The smallest absolute Gasteiger partial charge is 0.265 e. The third-order valence-corrected chi connectivity index (χ3v) is 4.55. The minimum atomic E-state index is -4.09. The first-order valence-corrected chi connectivity index (χ1v) is 8.51. The molecule has 0 aliphatic rings. The zero-order chi connectivity index (χ0) is 16.3. The average Bonchev–Trinajstić information content (AvgIpc) is 2.44. The van der Waals surface area contributed by atoms with Gasteiger partial charge in [0.2, 0.25) is 0 Å². The number of nitrogens with one attached hydrogen (secondary N) is 1. The Morgan fingerprint density at radius 2 is 1.91 bits per heavy atom. The molecule has 0 aliphatic heterocycles. The Bertz CT molecular complexity index is 797. The van der Waals surface area contributed by atoms with Crippen LogP contribution in [-0.4, -0.2) is 15.0 Å². The second kappa shape index (κ2) is 6.62. The number of sulfonamides is 1. The maximum absolute atomic E-state index is 13.6. The number of hydrogen-bond donors (Lipinski definition) is 1. The molecule has 0 aromatic heterocycles. The summed E-state index contributed by atoms with van der Waals surface area (Å²) in [4.78, 5) is -0.146. The van der Waals surface area contributed by atoms with Crippen LogP contribution in [0.2, 0.25) is 0 Å². The van der Waals surface area contributed by atoms with Crippen LogP contribution in [0, 0.1) is 11.6 Å². The molecular formula is C14H12BrF2NO3S. The number of rotatable bonds is 5. The summed E-state index contributed by atoms with van der Waals surface area (Å²) in [7, 11) is -4.09. The van der Waals surface area contributed by atoms with E-state index in [1.807, 2.05) is 0 Å². The van der Waals surface area contributed by atoms with Crippen molar-refractivity contribution < 1.29 is 21.9 Å². The maximum Gasteiger partial charge on any atom is 0.265 e. The van der Waals surface area contributed by atoms with Gasteiger partial charge in [0.15, 0.2) is 0 Å². The lowest BCUT2D eigenvalue weighted by atomic mass is 10.3. The van der Waals surface area contributed by atoms with Crippen molar-refractivity contribution in [1.29, 1.82) is 0 Å². The van der Waals surface area contributed by atoms with Gasteiger partial charge in [0, 0.05) is 10.5 Å². The van der Waals surface area contributed by atoms with E-state index in [4.69, 9.17) is 4.74 Å². The Morgan fingerprint density at radius 1 is 1.18 bits per heavy atom. The average molecular weight is 392 g/mol. The van der Waals surface area contributed by atoms with Crippen molar-refractivity contribution in [2.24, 2.45) is 0 Å². The highest BCUT2D eigenvalue weighted by atomic mass is 79.9. The second-order valence-electron chi connectivity index (χ2n) is 4.25. The molecule has 2 aromatic carbocycles. The Labute approximate surface area is 135 Å². The van der Waals surface area contributed by atoms with E-state index < -0.39 is 21.7 Å². The standard InChI is InChI=1S/C14H12BrF2NO3S/c1-2-21-13-6-3-9(15)7-14(13)22(19,20)18-12-5-4-10(16)8-11(12)17/h3-8,18H,2H2,1H3. The van der Waals surface area contributed by atoms with Gasteiger partial charge in [0.1, 0.15) is 22.3 Å². The molecule has 0 spiro atoms. The van der Waals surface area contributed by atoms with Gasteiger partial charge in [-0.1, -0.05) is 15.9 Å². The first-order chi connectivity index (χ1) is 10.3. The molecular weight excluding hydrogens is 380 g/mol. The number of benzene rings is 2. The van der Waals surface area contributed by atoms with E-state index in [2.05, 4.69) is 20.7 Å². The topological polar surface area (TPSA) is 55.4 Å². The van der Waals surface area contributed by atoms with Crippen molar-refractivity contribution >= 4 is 31.6 Å². The lowest BCUT2D eigenvalue weighted by molar-refractivity contribution is 0.331. The zero-order valence-electron chi connectivity index (χ0n) is 11.4. The van der Waals surface area contributed by atoms with Gasteiger partial charge < -0.3 is 4.74 Å². The molecule has 0 atom stereocenters. The van der Waals surface area contributed by atoms with Crippen LogP contribution in [0.15, 0.2) is 45.8 Å². The van der Waals surface area contributed by atoms with Gasteiger partial charge in [-0.2, -0.15) is 0 Å². The van der Waals surface area contributed by atoms with Crippen LogP contribution >= 0.6 is 15.9 Å². The Hall–Kier alpha value is -1.67. The first-order valence-electron chi connectivity index (χ1n) is 6.23. The Morgan fingerprint density at radius 3 is 2.55 bits per heavy atom. The largest absolute Gasteiger partial charge is 0.492 e. The van der Waals surface area contributed by atoms with Crippen molar-refractivity contribution in [2.75, 3.05) is 11.3 Å². The van der Waals surface area contributed by atoms with Crippen molar-refractivity contribution in [3.8, 4) is 5.75 Å². The Balaban J connectivity index is 2.44. The van der Waals surface area contributed by atoms with Gasteiger partial charge in [-0.05, 0) is 37.3 Å². The van der Waals surface area contributed by atoms with Crippen molar-refractivity contribution in [3.63, 3.8) is 0 Å². The van der Waals surface area contributed by atoms with Crippen LogP contribution in [0.1, 0.15) is 6.92 Å². The molecule has 2 aromatic rings. The quantitative estimate of drug-likeness (QED) is 0.839. The van der Waals surface area contributed by atoms with E-state index in [-0.39, 0.29) is 22.9 Å². The summed E-state index contributed by atoms with van der Waals surface area (Å²) in [5, 5.41) is 0. The van der Waals surface area contributed by atoms with Crippen molar-refractivity contribution in [3.05, 3.63) is 52.5 Å². The fraction of sp³-hybridized carbons (Fsp3) is 0.143. The normalized spacial score (nSPS) is 11.3. The molecule has 0 saturated heterocycles. The summed E-state index contributed by atoms with van der Waals surface area (Å²) in [6.07, 6.45) is 0.